The minimum Gasteiger partial charge on any atom is -0.276 e. The molecule has 0 atom stereocenters. The van der Waals surface area contributed by atoms with Crippen molar-refractivity contribution in [1.29, 1.82) is 0 Å². The summed E-state index contributed by atoms with van der Waals surface area (Å²) in [6.45, 7) is 2.56. The summed E-state index contributed by atoms with van der Waals surface area (Å²) in [5.41, 5.74) is 2.54. The molecule has 7 heteroatoms. The van der Waals surface area contributed by atoms with Crippen LogP contribution in [0.4, 0.5) is 5.69 Å². The van der Waals surface area contributed by atoms with Gasteiger partial charge in [0.1, 0.15) is 0 Å². The van der Waals surface area contributed by atoms with Gasteiger partial charge in [-0.1, -0.05) is 42.8 Å². The summed E-state index contributed by atoms with van der Waals surface area (Å²) in [5.74, 6) is 0. The third-order valence-corrected chi connectivity index (χ3v) is 5.43. The van der Waals surface area contributed by atoms with Gasteiger partial charge < -0.3 is 0 Å². The fourth-order valence-electron chi connectivity index (χ4n) is 2.40. The summed E-state index contributed by atoms with van der Waals surface area (Å²) in [4.78, 5) is 0.232. The molecule has 0 aliphatic rings. The first-order chi connectivity index (χ1) is 12.0. The molecule has 1 aromatic heterocycles. The zero-order valence-corrected chi connectivity index (χ0v) is 15.3. The molecule has 1 heterocycles. The van der Waals surface area contributed by atoms with Gasteiger partial charge in [-0.15, -0.1) is 0 Å². The monoisotopic (exact) mass is 375 g/mol. The van der Waals surface area contributed by atoms with E-state index >= 15 is 0 Å². The van der Waals surface area contributed by atoms with Gasteiger partial charge in [0.2, 0.25) is 0 Å². The molecule has 3 rings (SSSR count). The Kier molecular flexibility index (Phi) is 5.11. The summed E-state index contributed by atoms with van der Waals surface area (Å²) >= 11 is 5.87. The number of nitrogens with zero attached hydrogens (tertiary/aromatic N) is 2. The Bertz CT molecular complexity index is 949. The second-order valence-electron chi connectivity index (χ2n) is 5.66. The molecule has 0 amide bonds. The lowest BCUT2D eigenvalue weighted by Crippen LogP contribution is -2.12. The number of sulfonamides is 1. The molecule has 3 aromatic rings. The van der Waals surface area contributed by atoms with Gasteiger partial charge >= 0.3 is 0 Å². The first kappa shape index (κ1) is 17.5. The van der Waals surface area contributed by atoms with E-state index in [0.717, 1.165) is 17.5 Å². The van der Waals surface area contributed by atoms with Crippen molar-refractivity contribution < 1.29 is 8.42 Å². The molecule has 25 heavy (non-hydrogen) atoms. The summed E-state index contributed by atoms with van der Waals surface area (Å²) in [7, 11) is -3.62. The van der Waals surface area contributed by atoms with Crippen molar-refractivity contribution in [3.05, 3.63) is 77.1 Å². The standard InChI is InChI=1S/C18H18ClN3O2S/c1-2-14-5-9-18(10-6-14)25(23,24)21-17-11-20-22(13-17)12-15-3-7-16(19)8-4-15/h3-11,13,21H,2,12H2,1H3. The van der Waals surface area contributed by atoms with Gasteiger partial charge in [0.05, 0.1) is 23.3 Å². The minimum atomic E-state index is -3.62. The Hall–Kier alpha value is -2.31. The second kappa shape index (κ2) is 7.29. The average molecular weight is 376 g/mol. The number of halogens is 1. The van der Waals surface area contributed by atoms with E-state index < -0.39 is 10.0 Å². The van der Waals surface area contributed by atoms with Crippen molar-refractivity contribution in [2.45, 2.75) is 24.8 Å². The van der Waals surface area contributed by atoms with E-state index in [9.17, 15) is 8.42 Å². The fourth-order valence-corrected chi connectivity index (χ4v) is 3.55. The molecular weight excluding hydrogens is 358 g/mol. The van der Waals surface area contributed by atoms with Gasteiger partial charge in [0.25, 0.3) is 10.0 Å². The third-order valence-electron chi connectivity index (χ3n) is 3.79. The van der Waals surface area contributed by atoms with Crippen LogP contribution in [0.2, 0.25) is 5.02 Å². The molecule has 0 aliphatic carbocycles. The van der Waals surface area contributed by atoms with Gasteiger partial charge in [-0.2, -0.15) is 5.10 Å². The van der Waals surface area contributed by atoms with Crippen molar-refractivity contribution in [3.8, 4) is 0 Å². The highest BCUT2D eigenvalue weighted by atomic mass is 35.5. The highest BCUT2D eigenvalue weighted by Crippen LogP contribution is 2.17. The maximum absolute atomic E-state index is 12.4. The smallest absolute Gasteiger partial charge is 0.261 e. The van der Waals surface area contributed by atoms with Gasteiger partial charge in [-0.25, -0.2) is 8.42 Å². The molecular formula is C18H18ClN3O2S. The maximum atomic E-state index is 12.4. The Morgan fingerprint density at radius 2 is 1.68 bits per heavy atom. The number of aryl methyl sites for hydroxylation is 1. The fraction of sp³-hybridized carbons (Fsp3) is 0.167. The van der Waals surface area contributed by atoms with Crippen LogP contribution in [-0.4, -0.2) is 18.2 Å². The van der Waals surface area contributed by atoms with Gasteiger partial charge in [0.15, 0.2) is 0 Å². The Balaban J connectivity index is 1.72. The summed E-state index contributed by atoms with van der Waals surface area (Å²) < 4.78 is 29.1. The molecule has 0 spiro atoms. The predicted molar refractivity (Wildman–Crippen MR) is 99.4 cm³/mol. The molecule has 0 fully saturated rings. The molecule has 0 saturated heterocycles. The topological polar surface area (TPSA) is 64.0 Å². The molecule has 1 N–H and O–H groups in total. The zero-order chi connectivity index (χ0) is 17.9. The van der Waals surface area contributed by atoms with Gasteiger partial charge in [-0.05, 0) is 41.8 Å². The lowest BCUT2D eigenvalue weighted by Gasteiger charge is -2.06. The Labute approximate surface area is 152 Å². The maximum Gasteiger partial charge on any atom is 0.261 e. The molecule has 5 nitrogen and oxygen atoms in total. The number of benzene rings is 2. The first-order valence-corrected chi connectivity index (χ1v) is 9.71. The molecule has 0 bridgehead atoms. The van der Waals surface area contributed by atoms with Crippen LogP contribution in [0.25, 0.3) is 0 Å². The van der Waals surface area contributed by atoms with Gasteiger partial charge in [-0.3, -0.25) is 9.40 Å². The number of hydrogen-bond donors (Lipinski definition) is 1. The summed E-state index contributed by atoms with van der Waals surface area (Å²) in [5, 5.41) is 4.87. The quantitative estimate of drug-likeness (QED) is 0.709. The molecule has 2 aromatic carbocycles. The number of nitrogens with one attached hydrogen (secondary N) is 1. The van der Waals surface area contributed by atoms with Crippen LogP contribution >= 0.6 is 11.6 Å². The summed E-state index contributed by atoms with van der Waals surface area (Å²) in [6, 6.07) is 14.3. The van der Waals surface area contributed by atoms with Crippen molar-refractivity contribution in [2.75, 3.05) is 4.72 Å². The summed E-state index contributed by atoms with van der Waals surface area (Å²) in [6.07, 6.45) is 4.02. The average Bonchev–Trinajstić information content (AvgIpc) is 3.03. The highest BCUT2D eigenvalue weighted by molar-refractivity contribution is 7.92. The number of aromatic nitrogens is 2. The lowest BCUT2D eigenvalue weighted by molar-refractivity contribution is 0.601. The van der Waals surface area contributed by atoms with Crippen LogP contribution in [0.15, 0.2) is 65.8 Å². The Morgan fingerprint density at radius 1 is 1.04 bits per heavy atom. The van der Waals surface area contributed by atoms with E-state index in [1.165, 1.54) is 6.20 Å². The van der Waals surface area contributed by atoms with Crippen LogP contribution in [0, 0.1) is 0 Å². The van der Waals surface area contributed by atoms with Crippen LogP contribution < -0.4 is 4.72 Å². The Morgan fingerprint density at radius 3 is 2.32 bits per heavy atom. The lowest BCUT2D eigenvalue weighted by atomic mass is 10.2. The van der Waals surface area contributed by atoms with E-state index in [4.69, 9.17) is 11.6 Å². The van der Waals surface area contributed by atoms with Crippen molar-refractivity contribution >= 4 is 27.3 Å². The van der Waals surface area contributed by atoms with Crippen LogP contribution in [0.3, 0.4) is 0 Å². The number of hydrogen-bond acceptors (Lipinski definition) is 3. The second-order valence-corrected chi connectivity index (χ2v) is 7.77. The van der Waals surface area contributed by atoms with Crippen LogP contribution in [0.1, 0.15) is 18.1 Å². The van der Waals surface area contributed by atoms with Crippen molar-refractivity contribution in [2.24, 2.45) is 0 Å². The van der Waals surface area contributed by atoms with Crippen LogP contribution in [0.5, 0.6) is 0 Å². The van der Waals surface area contributed by atoms with E-state index in [1.807, 2.05) is 43.3 Å². The van der Waals surface area contributed by atoms with Crippen LogP contribution in [-0.2, 0) is 23.0 Å². The highest BCUT2D eigenvalue weighted by Gasteiger charge is 2.15. The zero-order valence-electron chi connectivity index (χ0n) is 13.7. The molecule has 0 aliphatic heterocycles. The normalized spacial score (nSPS) is 11.4. The van der Waals surface area contributed by atoms with E-state index in [1.54, 1.807) is 23.0 Å². The van der Waals surface area contributed by atoms with E-state index in [2.05, 4.69) is 9.82 Å². The van der Waals surface area contributed by atoms with Gasteiger partial charge in [0, 0.05) is 11.2 Å². The predicted octanol–water partition coefficient (Wildman–Crippen LogP) is 3.95. The van der Waals surface area contributed by atoms with E-state index in [-0.39, 0.29) is 4.90 Å². The van der Waals surface area contributed by atoms with Crippen molar-refractivity contribution in [1.82, 2.24) is 9.78 Å². The van der Waals surface area contributed by atoms with Crippen molar-refractivity contribution in [3.63, 3.8) is 0 Å². The molecule has 0 saturated carbocycles. The number of anilines is 1. The molecule has 0 radical (unpaired) electrons. The number of rotatable bonds is 6. The van der Waals surface area contributed by atoms with E-state index in [0.29, 0.717) is 17.3 Å². The molecule has 0 unspecified atom stereocenters. The first-order valence-electron chi connectivity index (χ1n) is 7.85. The third kappa shape index (κ3) is 4.41. The minimum absolute atomic E-state index is 0.232. The SMILES string of the molecule is CCc1ccc(S(=O)(=O)Nc2cnn(Cc3ccc(Cl)cc3)c2)cc1. The largest absolute Gasteiger partial charge is 0.276 e. The molecule has 130 valence electrons.